The first-order valence-electron chi connectivity index (χ1n) is 6.36. The van der Waals surface area contributed by atoms with Gasteiger partial charge in [-0.2, -0.15) is 0 Å². The molecule has 1 aliphatic rings. The molecule has 1 saturated carbocycles. The van der Waals surface area contributed by atoms with E-state index in [0.717, 1.165) is 31.2 Å². The highest BCUT2D eigenvalue weighted by Gasteiger charge is 2.25. The van der Waals surface area contributed by atoms with E-state index in [4.69, 9.17) is 0 Å². The van der Waals surface area contributed by atoms with Gasteiger partial charge in [-0.1, -0.05) is 18.9 Å². The topological polar surface area (TPSA) is 69.6 Å². The van der Waals surface area contributed by atoms with Gasteiger partial charge in [-0.3, -0.25) is 4.79 Å². The number of aromatic hydroxyl groups is 1. The number of amides is 1. The Morgan fingerprint density at radius 3 is 2.72 bits per heavy atom. The van der Waals surface area contributed by atoms with E-state index in [1.807, 2.05) is 6.92 Å². The van der Waals surface area contributed by atoms with E-state index < -0.39 is 6.10 Å². The van der Waals surface area contributed by atoms with E-state index in [1.54, 1.807) is 18.2 Å². The highest BCUT2D eigenvalue weighted by atomic mass is 16.3. The molecule has 1 aromatic rings. The molecule has 98 valence electrons. The van der Waals surface area contributed by atoms with Crippen molar-refractivity contribution in [2.75, 3.05) is 0 Å². The Bertz CT molecular complexity index is 445. The van der Waals surface area contributed by atoms with Crippen LogP contribution in [0.25, 0.3) is 0 Å². The molecule has 1 aromatic carbocycles. The molecule has 0 radical (unpaired) electrons. The largest absolute Gasteiger partial charge is 0.507 e. The van der Waals surface area contributed by atoms with Crippen molar-refractivity contribution in [2.45, 2.75) is 44.8 Å². The molecular weight excluding hydrogens is 230 g/mol. The van der Waals surface area contributed by atoms with Gasteiger partial charge in [0.25, 0.3) is 5.91 Å². The van der Waals surface area contributed by atoms with Gasteiger partial charge in [-0.05, 0) is 37.5 Å². The SMILES string of the molecule is Cc1ccc(C(=O)N[C@@H]2CCCC[C@H]2O)c(O)c1. The Balaban J connectivity index is 2.07. The third-order valence-corrected chi connectivity index (χ3v) is 3.44. The van der Waals surface area contributed by atoms with Gasteiger partial charge in [-0.25, -0.2) is 0 Å². The second-order valence-electron chi connectivity index (χ2n) is 4.95. The number of phenolic OH excluding ortho intramolecular Hbond substituents is 1. The smallest absolute Gasteiger partial charge is 0.255 e. The van der Waals surface area contributed by atoms with Gasteiger partial charge in [-0.15, -0.1) is 0 Å². The lowest BCUT2D eigenvalue weighted by Crippen LogP contribution is -2.45. The highest BCUT2D eigenvalue weighted by molar-refractivity contribution is 5.97. The molecule has 2 rings (SSSR count). The quantitative estimate of drug-likeness (QED) is 0.747. The molecule has 1 aliphatic carbocycles. The van der Waals surface area contributed by atoms with Crippen LogP contribution in [0.15, 0.2) is 18.2 Å². The molecule has 3 N–H and O–H groups in total. The normalized spacial score (nSPS) is 23.7. The number of phenols is 1. The molecule has 0 bridgehead atoms. The van der Waals surface area contributed by atoms with Crippen LogP contribution < -0.4 is 5.32 Å². The average molecular weight is 249 g/mol. The molecule has 0 unspecified atom stereocenters. The first-order chi connectivity index (χ1) is 8.58. The summed E-state index contributed by atoms with van der Waals surface area (Å²) in [5.41, 5.74) is 1.17. The Kier molecular flexibility index (Phi) is 3.87. The Labute approximate surface area is 107 Å². The lowest BCUT2D eigenvalue weighted by Gasteiger charge is -2.28. The van der Waals surface area contributed by atoms with Crippen LogP contribution in [-0.2, 0) is 0 Å². The van der Waals surface area contributed by atoms with Crippen LogP contribution in [0.1, 0.15) is 41.6 Å². The first kappa shape index (κ1) is 12.9. The Hall–Kier alpha value is -1.55. The predicted octanol–water partition coefficient (Wildman–Crippen LogP) is 1.73. The number of rotatable bonds is 2. The second kappa shape index (κ2) is 5.40. The maximum Gasteiger partial charge on any atom is 0.255 e. The van der Waals surface area contributed by atoms with Crippen molar-refractivity contribution in [2.24, 2.45) is 0 Å². The molecule has 18 heavy (non-hydrogen) atoms. The summed E-state index contributed by atoms with van der Waals surface area (Å²) in [6.45, 7) is 1.85. The van der Waals surface area contributed by atoms with Crippen molar-refractivity contribution in [3.8, 4) is 5.75 Å². The van der Waals surface area contributed by atoms with Gasteiger partial charge < -0.3 is 15.5 Å². The number of carbonyl (C=O) groups is 1. The minimum atomic E-state index is -0.477. The Morgan fingerprint density at radius 1 is 1.33 bits per heavy atom. The summed E-state index contributed by atoms with van der Waals surface area (Å²) in [5, 5.41) is 22.3. The molecule has 4 heteroatoms. The van der Waals surface area contributed by atoms with Gasteiger partial charge in [0, 0.05) is 0 Å². The molecule has 0 aromatic heterocycles. The number of benzene rings is 1. The first-order valence-corrected chi connectivity index (χ1v) is 6.36. The molecule has 0 heterocycles. The fourth-order valence-electron chi connectivity index (χ4n) is 2.36. The van der Waals surface area contributed by atoms with Gasteiger partial charge in [0.1, 0.15) is 5.75 Å². The summed E-state index contributed by atoms with van der Waals surface area (Å²) in [5.74, 6) is -0.337. The molecule has 1 fully saturated rings. The van der Waals surface area contributed by atoms with E-state index in [1.165, 1.54) is 0 Å². The number of carbonyl (C=O) groups excluding carboxylic acids is 1. The summed E-state index contributed by atoms with van der Waals surface area (Å²) in [6, 6.07) is 4.75. The van der Waals surface area contributed by atoms with Crippen molar-refractivity contribution in [1.29, 1.82) is 0 Å². The lowest BCUT2D eigenvalue weighted by atomic mass is 9.92. The van der Waals surface area contributed by atoms with Gasteiger partial charge in [0.05, 0.1) is 17.7 Å². The lowest BCUT2D eigenvalue weighted by molar-refractivity contribution is 0.0715. The van der Waals surface area contributed by atoms with E-state index in [9.17, 15) is 15.0 Å². The van der Waals surface area contributed by atoms with Crippen LogP contribution in [0.4, 0.5) is 0 Å². The van der Waals surface area contributed by atoms with Crippen LogP contribution in [0, 0.1) is 6.92 Å². The van der Waals surface area contributed by atoms with Crippen molar-refractivity contribution in [1.82, 2.24) is 5.32 Å². The zero-order chi connectivity index (χ0) is 13.1. The van der Waals surface area contributed by atoms with E-state index in [0.29, 0.717) is 0 Å². The van der Waals surface area contributed by atoms with Gasteiger partial charge in [0.15, 0.2) is 0 Å². The van der Waals surface area contributed by atoms with Crippen molar-refractivity contribution >= 4 is 5.91 Å². The maximum atomic E-state index is 12.0. The number of aliphatic hydroxyl groups is 1. The second-order valence-corrected chi connectivity index (χ2v) is 4.95. The fourth-order valence-corrected chi connectivity index (χ4v) is 2.36. The van der Waals surface area contributed by atoms with Gasteiger partial charge >= 0.3 is 0 Å². The maximum absolute atomic E-state index is 12.0. The minimum Gasteiger partial charge on any atom is -0.507 e. The molecule has 2 atom stereocenters. The molecule has 1 amide bonds. The number of hydrogen-bond donors (Lipinski definition) is 3. The average Bonchev–Trinajstić information content (AvgIpc) is 2.32. The van der Waals surface area contributed by atoms with Crippen molar-refractivity contribution < 1.29 is 15.0 Å². The van der Waals surface area contributed by atoms with E-state index in [2.05, 4.69) is 5.32 Å². The van der Waals surface area contributed by atoms with Crippen LogP contribution in [0.5, 0.6) is 5.75 Å². The van der Waals surface area contributed by atoms with Crippen LogP contribution in [0.2, 0.25) is 0 Å². The number of aliphatic hydroxyl groups excluding tert-OH is 1. The fraction of sp³-hybridized carbons (Fsp3) is 0.500. The highest BCUT2D eigenvalue weighted by Crippen LogP contribution is 2.21. The van der Waals surface area contributed by atoms with E-state index >= 15 is 0 Å². The monoisotopic (exact) mass is 249 g/mol. The number of aryl methyl sites for hydroxylation is 1. The standard InChI is InChI=1S/C14H19NO3/c1-9-6-7-10(13(17)8-9)14(18)15-11-4-2-3-5-12(11)16/h6-8,11-12,16-17H,2-5H2,1H3,(H,15,18)/t11-,12-/m1/s1. The number of hydrogen-bond acceptors (Lipinski definition) is 3. The summed E-state index contributed by atoms with van der Waals surface area (Å²) in [4.78, 5) is 12.0. The summed E-state index contributed by atoms with van der Waals surface area (Å²) < 4.78 is 0. The summed E-state index contributed by atoms with van der Waals surface area (Å²) >= 11 is 0. The molecule has 0 aliphatic heterocycles. The zero-order valence-electron chi connectivity index (χ0n) is 10.5. The molecule has 4 nitrogen and oxygen atoms in total. The summed E-state index contributed by atoms with van der Waals surface area (Å²) in [7, 11) is 0. The van der Waals surface area contributed by atoms with Crippen LogP contribution >= 0.6 is 0 Å². The van der Waals surface area contributed by atoms with Crippen LogP contribution in [0.3, 0.4) is 0 Å². The molecule has 0 spiro atoms. The molecular formula is C14H19NO3. The summed E-state index contributed by atoms with van der Waals surface area (Å²) in [6.07, 6.45) is 3.06. The predicted molar refractivity (Wildman–Crippen MR) is 68.6 cm³/mol. The third-order valence-electron chi connectivity index (χ3n) is 3.44. The Morgan fingerprint density at radius 2 is 2.06 bits per heavy atom. The molecule has 0 saturated heterocycles. The van der Waals surface area contributed by atoms with Gasteiger partial charge in [0.2, 0.25) is 0 Å². The third kappa shape index (κ3) is 2.82. The van der Waals surface area contributed by atoms with Crippen molar-refractivity contribution in [3.63, 3.8) is 0 Å². The van der Waals surface area contributed by atoms with E-state index in [-0.39, 0.29) is 23.3 Å². The minimum absolute atomic E-state index is 0.0159. The number of nitrogens with one attached hydrogen (secondary N) is 1. The zero-order valence-corrected chi connectivity index (χ0v) is 10.5. The van der Waals surface area contributed by atoms with Crippen LogP contribution in [-0.4, -0.2) is 28.3 Å². The van der Waals surface area contributed by atoms with Crippen molar-refractivity contribution in [3.05, 3.63) is 29.3 Å².